The van der Waals surface area contributed by atoms with Crippen LogP contribution in [-0.4, -0.2) is 27.1 Å². The molecule has 0 heterocycles. The van der Waals surface area contributed by atoms with Gasteiger partial charge in [-0.15, -0.1) is 0 Å². The second kappa shape index (κ2) is 7.26. The molecular weight excluding hydrogens is 316 g/mol. The molecule has 0 spiro atoms. The molecule has 0 fully saturated rings. The van der Waals surface area contributed by atoms with Crippen LogP contribution >= 0.6 is 0 Å². The van der Waals surface area contributed by atoms with Crippen molar-refractivity contribution < 1.29 is 19.0 Å². The van der Waals surface area contributed by atoms with Crippen molar-refractivity contribution in [3.63, 3.8) is 0 Å². The van der Waals surface area contributed by atoms with Crippen molar-refractivity contribution in [3.05, 3.63) is 65.7 Å². The average molecular weight is 336 g/mol. The Hall–Kier alpha value is -3.01. The minimum atomic E-state index is 0.0473. The van der Waals surface area contributed by atoms with Crippen molar-refractivity contribution in [2.75, 3.05) is 21.3 Å². The Labute approximate surface area is 146 Å². The van der Waals surface area contributed by atoms with Crippen LogP contribution in [0.5, 0.6) is 17.2 Å². The van der Waals surface area contributed by atoms with Gasteiger partial charge in [0, 0.05) is 12.0 Å². The fraction of sp³-hybridized carbons (Fsp3) is 0.190. The summed E-state index contributed by atoms with van der Waals surface area (Å²) >= 11 is 0. The zero-order valence-electron chi connectivity index (χ0n) is 14.5. The molecule has 0 saturated heterocycles. The second-order valence-corrected chi connectivity index (χ2v) is 5.66. The lowest BCUT2D eigenvalue weighted by molar-refractivity contribution is 0.0994. The topological polar surface area (TPSA) is 44.8 Å². The summed E-state index contributed by atoms with van der Waals surface area (Å²) < 4.78 is 16.0. The number of Topliss-reactive ketones (excluding diaryl/α,β-unsaturated/α-hetero) is 1. The third-order valence-corrected chi connectivity index (χ3v) is 4.18. The average Bonchev–Trinajstić information content (AvgIpc) is 2.66. The molecular formula is C21H20O4. The lowest BCUT2D eigenvalue weighted by atomic mass is 9.97. The van der Waals surface area contributed by atoms with Crippen LogP contribution in [-0.2, 0) is 6.42 Å². The third-order valence-electron chi connectivity index (χ3n) is 4.18. The van der Waals surface area contributed by atoms with Crippen LogP contribution in [0.2, 0.25) is 0 Å². The van der Waals surface area contributed by atoms with Gasteiger partial charge in [-0.2, -0.15) is 0 Å². The van der Waals surface area contributed by atoms with Crippen molar-refractivity contribution >= 4 is 16.6 Å². The Morgan fingerprint density at radius 1 is 0.840 bits per heavy atom. The molecule has 0 amide bonds. The molecule has 0 aliphatic heterocycles. The normalized spacial score (nSPS) is 10.5. The monoisotopic (exact) mass is 336 g/mol. The zero-order chi connectivity index (χ0) is 17.8. The first-order valence-corrected chi connectivity index (χ1v) is 7.97. The van der Waals surface area contributed by atoms with Crippen molar-refractivity contribution in [1.82, 2.24) is 0 Å². The summed E-state index contributed by atoms with van der Waals surface area (Å²) in [5.74, 6) is 1.66. The minimum Gasteiger partial charge on any atom is -0.493 e. The van der Waals surface area contributed by atoms with Gasteiger partial charge in [0.2, 0.25) is 5.75 Å². The molecule has 128 valence electrons. The fourth-order valence-corrected chi connectivity index (χ4v) is 2.99. The van der Waals surface area contributed by atoms with E-state index in [0.717, 1.165) is 16.3 Å². The van der Waals surface area contributed by atoms with Crippen molar-refractivity contribution in [2.45, 2.75) is 6.42 Å². The highest BCUT2D eigenvalue weighted by Crippen LogP contribution is 2.38. The summed E-state index contributed by atoms with van der Waals surface area (Å²) in [5, 5.41) is 2.01. The van der Waals surface area contributed by atoms with Gasteiger partial charge in [0.15, 0.2) is 17.3 Å². The third kappa shape index (κ3) is 3.29. The number of methoxy groups -OCH3 is 3. The highest BCUT2D eigenvalue weighted by molar-refractivity contribution is 6.08. The first-order valence-electron chi connectivity index (χ1n) is 7.97. The summed E-state index contributed by atoms with van der Waals surface area (Å²) in [5.41, 5.74) is 1.53. The molecule has 3 rings (SSSR count). The van der Waals surface area contributed by atoms with E-state index in [2.05, 4.69) is 0 Å². The van der Waals surface area contributed by atoms with E-state index in [4.69, 9.17) is 14.2 Å². The molecule has 0 atom stereocenters. The molecule has 0 bridgehead atoms. The Balaban J connectivity index is 1.98. The molecule has 25 heavy (non-hydrogen) atoms. The van der Waals surface area contributed by atoms with Crippen LogP contribution in [0.3, 0.4) is 0 Å². The van der Waals surface area contributed by atoms with Gasteiger partial charge in [-0.3, -0.25) is 4.79 Å². The van der Waals surface area contributed by atoms with E-state index in [-0.39, 0.29) is 12.2 Å². The number of carbonyl (C=O) groups is 1. The number of hydrogen-bond donors (Lipinski definition) is 0. The summed E-state index contributed by atoms with van der Waals surface area (Å²) in [7, 11) is 4.68. The number of ketones is 1. The van der Waals surface area contributed by atoms with Crippen LogP contribution in [0, 0.1) is 0 Å². The van der Waals surface area contributed by atoms with E-state index >= 15 is 0 Å². The summed E-state index contributed by atoms with van der Waals surface area (Å²) in [6.07, 6.45) is 0.255. The van der Waals surface area contributed by atoms with Gasteiger partial charge in [0.25, 0.3) is 0 Å². The Kier molecular flexibility index (Phi) is 4.89. The maximum absolute atomic E-state index is 12.9. The van der Waals surface area contributed by atoms with Crippen LogP contribution in [0.1, 0.15) is 15.9 Å². The van der Waals surface area contributed by atoms with Gasteiger partial charge in [-0.1, -0.05) is 42.5 Å². The maximum atomic E-state index is 12.9. The van der Waals surface area contributed by atoms with E-state index in [9.17, 15) is 4.79 Å². The van der Waals surface area contributed by atoms with Crippen LogP contribution < -0.4 is 14.2 Å². The number of hydrogen-bond acceptors (Lipinski definition) is 4. The first kappa shape index (κ1) is 16.8. The van der Waals surface area contributed by atoms with Gasteiger partial charge in [-0.25, -0.2) is 0 Å². The molecule has 0 radical (unpaired) electrons. The van der Waals surface area contributed by atoms with Crippen molar-refractivity contribution in [1.29, 1.82) is 0 Å². The SMILES string of the molecule is COc1cc(CC(=O)c2cccc3ccccc23)cc(OC)c1OC. The Morgan fingerprint density at radius 2 is 1.48 bits per heavy atom. The zero-order valence-corrected chi connectivity index (χ0v) is 14.5. The van der Waals surface area contributed by atoms with E-state index in [0.29, 0.717) is 22.8 Å². The highest BCUT2D eigenvalue weighted by Gasteiger charge is 2.16. The molecule has 0 N–H and O–H groups in total. The lowest BCUT2D eigenvalue weighted by Crippen LogP contribution is -2.05. The summed E-state index contributed by atoms with van der Waals surface area (Å²) in [6, 6.07) is 17.3. The second-order valence-electron chi connectivity index (χ2n) is 5.66. The minimum absolute atomic E-state index is 0.0473. The number of ether oxygens (including phenoxy) is 3. The molecule has 0 aliphatic carbocycles. The number of fused-ring (bicyclic) bond motifs is 1. The Morgan fingerprint density at radius 3 is 2.12 bits per heavy atom. The van der Waals surface area contributed by atoms with E-state index in [1.165, 1.54) is 0 Å². The quantitative estimate of drug-likeness (QED) is 0.630. The number of carbonyl (C=O) groups excluding carboxylic acids is 1. The maximum Gasteiger partial charge on any atom is 0.203 e. The van der Waals surface area contributed by atoms with Gasteiger partial charge in [0.1, 0.15) is 0 Å². The van der Waals surface area contributed by atoms with E-state index in [1.54, 1.807) is 21.3 Å². The van der Waals surface area contributed by atoms with Crippen LogP contribution in [0.15, 0.2) is 54.6 Å². The molecule has 4 heteroatoms. The fourth-order valence-electron chi connectivity index (χ4n) is 2.99. The van der Waals surface area contributed by atoms with Gasteiger partial charge < -0.3 is 14.2 Å². The summed E-state index contributed by atoms with van der Waals surface area (Å²) in [6.45, 7) is 0. The molecule has 0 aliphatic rings. The standard InChI is InChI=1S/C21H20O4/c1-23-19-12-14(13-20(24-2)21(19)25-3)11-18(22)17-10-6-8-15-7-4-5-9-16(15)17/h4-10,12-13H,11H2,1-3H3. The molecule has 0 unspecified atom stereocenters. The number of rotatable bonds is 6. The van der Waals surface area contributed by atoms with Crippen molar-refractivity contribution in [3.8, 4) is 17.2 Å². The Bertz CT molecular complexity index is 884. The van der Waals surface area contributed by atoms with Crippen molar-refractivity contribution in [2.24, 2.45) is 0 Å². The first-order chi connectivity index (χ1) is 12.2. The molecule has 4 nitrogen and oxygen atoms in total. The molecule has 3 aromatic rings. The van der Waals surface area contributed by atoms with Crippen LogP contribution in [0.4, 0.5) is 0 Å². The highest BCUT2D eigenvalue weighted by atomic mass is 16.5. The predicted molar refractivity (Wildman–Crippen MR) is 98.1 cm³/mol. The largest absolute Gasteiger partial charge is 0.493 e. The lowest BCUT2D eigenvalue weighted by Gasteiger charge is -2.14. The molecule has 3 aromatic carbocycles. The molecule has 0 saturated carbocycles. The smallest absolute Gasteiger partial charge is 0.203 e. The number of benzene rings is 3. The van der Waals surface area contributed by atoms with Gasteiger partial charge >= 0.3 is 0 Å². The van der Waals surface area contributed by atoms with Crippen LogP contribution in [0.25, 0.3) is 10.8 Å². The van der Waals surface area contributed by atoms with E-state index in [1.807, 2.05) is 54.6 Å². The molecule has 0 aromatic heterocycles. The predicted octanol–water partition coefficient (Wildman–Crippen LogP) is 4.29. The van der Waals surface area contributed by atoms with Gasteiger partial charge in [-0.05, 0) is 28.5 Å². The van der Waals surface area contributed by atoms with Gasteiger partial charge in [0.05, 0.1) is 21.3 Å². The van der Waals surface area contributed by atoms with E-state index < -0.39 is 0 Å². The summed E-state index contributed by atoms with van der Waals surface area (Å²) in [4.78, 5) is 12.9.